The number of carbonyl (C=O) groups excluding carboxylic acids is 3. The van der Waals surface area contributed by atoms with Crippen LogP contribution in [0.1, 0.15) is 28.8 Å². The lowest BCUT2D eigenvalue weighted by molar-refractivity contribution is -0.139. The van der Waals surface area contributed by atoms with Crippen LogP contribution < -0.4 is 10.9 Å². The third kappa shape index (κ3) is 4.53. The van der Waals surface area contributed by atoms with Crippen LogP contribution in [0.5, 0.6) is 0 Å². The number of hydrogen-bond acceptors (Lipinski definition) is 4. The van der Waals surface area contributed by atoms with Gasteiger partial charge in [0.2, 0.25) is 11.8 Å². The Morgan fingerprint density at radius 1 is 0.963 bits per heavy atom. The minimum Gasteiger partial charge on any atom is -0.295 e. The van der Waals surface area contributed by atoms with E-state index >= 15 is 0 Å². The zero-order chi connectivity index (χ0) is 19.6. The Kier molecular flexibility index (Phi) is 5.89. The maximum atomic E-state index is 12.3. The SMILES string of the molecule is O=C(NNc1c(Cl)cc(Cl)cc1Cl)c1ccc(CN2C(=O)CCC2=O)cc1. The van der Waals surface area contributed by atoms with Gasteiger partial charge in [-0.15, -0.1) is 0 Å². The molecule has 140 valence electrons. The van der Waals surface area contributed by atoms with Crippen molar-refractivity contribution in [2.75, 3.05) is 5.43 Å². The summed E-state index contributed by atoms with van der Waals surface area (Å²) in [5, 5.41) is 0.915. The molecule has 0 unspecified atom stereocenters. The molecule has 3 amide bonds. The molecule has 0 radical (unpaired) electrons. The van der Waals surface area contributed by atoms with Crippen LogP contribution >= 0.6 is 34.8 Å². The van der Waals surface area contributed by atoms with E-state index in [0.29, 0.717) is 16.3 Å². The zero-order valence-electron chi connectivity index (χ0n) is 13.9. The van der Waals surface area contributed by atoms with E-state index in [1.807, 2.05) is 0 Å². The maximum absolute atomic E-state index is 12.3. The number of anilines is 1. The Labute approximate surface area is 170 Å². The summed E-state index contributed by atoms with van der Waals surface area (Å²) in [6.45, 7) is 0.202. The van der Waals surface area contributed by atoms with E-state index in [4.69, 9.17) is 34.8 Å². The fraction of sp³-hybridized carbons (Fsp3) is 0.167. The molecule has 1 fully saturated rings. The molecule has 1 aliphatic rings. The summed E-state index contributed by atoms with van der Waals surface area (Å²) >= 11 is 17.9. The van der Waals surface area contributed by atoms with Crippen LogP contribution in [0.15, 0.2) is 36.4 Å². The van der Waals surface area contributed by atoms with Crippen LogP contribution in [0.3, 0.4) is 0 Å². The molecule has 1 heterocycles. The van der Waals surface area contributed by atoms with Crippen LogP contribution in [0.2, 0.25) is 15.1 Å². The molecule has 0 aliphatic carbocycles. The second-order valence-corrected chi connectivity index (χ2v) is 7.14. The molecule has 1 saturated heterocycles. The summed E-state index contributed by atoms with van der Waals surface area (Å²) < 4.78 is 0. The molecule has 0 atom stereocenters. The molecule has 1 aliphatic heterocycles. The predicted molar refractivity (Wildman–Crippen MR) is 104 cm³/mol. The molecule has 0 bridgehead atoms. The number of rotatable bonds is 5. The van der Waals surface area contributed by atoms with Crippen molar-refractivity contribution in [2.45, 2.75) is 19.4 Å². The lowest BCUT2D eigenvalue weighted by Gasteiger charge is -2.14. The van der Waals surface area contributed by atoms with Gasteiger partial charge in [-0.25, -0.2) is 0 Å². The summed E-state index contributed by atoms with van der Waals surface area (Å²) in [6.07, 6.45) is 0.502. The van der Waals surface area contributed by atoms with Gasteiger partial charge in [0.15, 0.2) is 0 Å². The van der Waals surface area contributed by atoms with Crippen molar-refractivity contribution in [2.24, 2.45) is 0 Å². The van der Waals surface area contributed by atoms with E-state index in [1.165, 1.54) is 17.0 Å². The van der Waals surface area contributed by atoms with Gasteiger partial charge in [-0.05, 0) is 29.8 Å². The molecular formula is C18H14Cl3N3O3. The first-order valence-corrected chi connectivity index (χ1v) is 9.11. The Morgan fingerprint density at radius 3 is 2.07 bits per heavy atom. The van der Waals surface area contributed by atoms with Crippen LogP contribution in [-0.2, 0) is 16.1 Å². The highest BCUT2D eigenvalue weighted by Crippen LogP contribution is 2.33. The Morgan fingerprint density at radius 2 is 1.52 bits per heavy atom. The third-order valence-electron chi connectivity index (χ3n) is 4.02. The van der Waals surface area contributed by atoms with Crippen LogP contribution in [0, 0.1) is 0 Å². The second-order valence-electron chi connectivity index (χ2n) is 5.89. The van der Waals surface area contributed by atoms with Gasteiger partial charge in [-0.3, -0.25) is 30.1 Å². The van der Waals surface area contributed by atoms with Gasteiger partial charge in [0.1, 0.15) is 0 Å². The number of nitrogens with zero attached hydrogens (tertiary/aromatic N) is 1. The standard InChI is InChI=1S/C18H14Cl3N3O3/c19-12-7-13(20)17(14(21)8-12)22-23-18(27)11-3-1-10(2-4-11)9-24-15(25)5-6-16(24)26/h1-4,7-8,22H,5-6,9H2,(H,23,27). The monoisotopic (exact) mass is 425 g/mol. The molecule has 2 N–H and O–H groups in total. The number of likely N-dealkylation sites (tertiary alicyclic amines) is 1. The minimum atomic E-state index is -0.406. The maximum Gasteiger partial charge on any atom is 0.269 e. The first kappa shape index (κ1) is 19.5. The molecular weight excluding hydrogens is 413 g/mol. The fourth-order valence-corrected chi connectivity index (χ4v) is 3.51. The van der Waals surface area contributed by atoms with E-state index in [2.05, 4.69) is 10.9 Å². The molecule has 0 aromatic heterocycles. The van der Waals surface area contributed by atoms with E-state index in [1.54, 1.807) is 24.3 Å². The van der Waals surface area contributed by atoms with Crippen molar-refractivity contribution in [3.05, 3.63) is 62.6 Å². The highest BCUT2D eigenvalue weighted by molar-refractivity contribution is 6.41. The van der Waals surface area contributed by atoms with Gasteiger partial charge in [0.05, 0.1) is 22.3 Å². The molecule has 2 aromatic carbocycles. The largest absolute Gasteiger partial charge is 0.295 e. The quantitative estimate of drug-likeness (QED) is 0.558. The van der Waals surface area contributed by atoms with E-state index in [-0.39, 0.29) is 41.2 Å². The van der Waals surface area contributed by atoms with Crippen molar-refractivity contribution < 1.29 is 14.4 Å². The molecule has 0 saturated carbocycles. The Hall–Kier alpha value is -2.28. The lowest BCUT2D eigenvalue weighted by atomic mass is 10.1. The summed E-state index contributed by atoms with van der Waals surface area (Å²) in [6, 6.07) is 9.58. The fourth-order valence-electron chi connectivity index (χ4n) is 2.60. The molecule has 3 rings (SSSR count). The first-order valence-electron chi connectivity index (χ1n) is 7.98. The van der Waals surface area contributed by atoms with Gasteiger partial charge in [0.25, 0.3) is 5.91 Å². The summed E-state index contributed by atoms with van der Waals surface area (Å²) in [4.78, 5) is 36.8. The van der Waals surface area contributed by atoms with Gasteiger partial charge in [0, 0.05) is 23.4 Å². The minimum absolute atomic E-state index is 0.178. The van der Waals surface area contributed by atoms with Gasteiger partial charge in [-0.2, -0.15) is 0 Å². The van der Waals surface area contributed by atoms with Crippen molar-refractivity contribution in [1.29, 1.82) is 0 Å². The smallest absolute Gasteiger partial charge is 0.269 e. The Balaban J connectivity index is 1.63. The van der Waals surface area contributed by atoms with E-state index in [0.717, 1.165) is 5.56 Å². The van der Waals surface area contributed by atoms with Gasteiger partial charge in [-0.1, -0.05) is 46.9 Å². The van der Waals surface area contributed by atoms with Crippen molar-refractivity contribution >= 4 is 58.2 Å². The van der Waals surface area contributed by atoms with Crippen LogP contribution in [0.25, 0.3) is 0 Å². The van der Waals surface area contributed by atoms with Crippen molar-refractivity contribution in [1.82, 2.24) is 10.3 Å². The normalized spacial score (nSPS) is 13.8. The van der Waals surface area contributed by atoms with Crippen molar-refractivity contribution in [3.8, 4) is 0 Å². The second kappa shape index (κ2) is 8.17. The number of amides is 3. The number of halogens is 3. The average Bonchev–Trinajstić information content (AvgIpc) is 2.93. The number of imide groups is 1. The highest BCUT2D eigenvalue weighted by Gasteiger charge is 2.28. The molecule has 9 heteroatoms. The van der Waals surface area contributed by atoms with Gasteiger partial charge < -0.3 is 0 Å². The lowest BCUT2D eigenvalue weighted by Crippen LogP contribution is -2.30. The summed E-state index contributed by atoms with van der Waals surface area (Å²) in [7, 11) is 0. The summed E-state index contributed by atoms with van der Waals surface area (Å²) in [5.74, 6) is -0.762. The summed E-state index contributed by atoms with van der Waals surface area (Å²) in [5.41, 5.74) is 6.65. The molecule has 2 aromatic rings. The van der Waals surface area contributed by atoms with E-state index < -0.39 is 5.91 Å². The number of hydrogen-bond donors (Lipinski definition) is 2. The van der Waals surface area contributed by atoms with Crippen LogP contribution in [-0.4, -0.2) is 22.6 Å². The number of nitrogens with one attached hydrogen (secondary N) is 2. The first-order chi connectivity index (χ1) is 12.8. The van der Waals surface area contributed by atoms with Crippen LogP contribution in [0.4, 0.5) is 5.69 Å². The van der Waals surface area contributed by atoms with Gasteiger partial charge >= 0.3 is 0 Å². The number of carbonyl (C=O) groups is 3. The molecule has 0 spiro atoms. The highest BCUT2D eigenvalue weighted by atomic mass is 35.5. The van der Waals surface area contributed by atoms with E-state index in [9.17, 15) is 14.4 Å². The topological polar surface area (TPSA) is 78.5 Å². The third-order valence-corrected chi connectivity index (χ3v) is 4.83. The molecule has 27 heavy (non-hydrogen) atoms. The number of benzene rings is 2. The zero-order valence-corrected chi connectivity index (χ0v) is 16.2. The van der Waals surface area contributed by atoms with Crippen molar-refractivity contribution in [3.63, 3.8) is 0 Å². The number of hydrazine groups is 1. The molecule has 6 nitrogen and oxygen atoms in total. The predicted octanol–water partition coefficient (Wildman–Crippen LogP) is 4.05. The Bertz CT molecular complexity index is 877. The average molecular weight is 427 g/mol.